The van der Waals surface area contributed by atoms with Crippen LogP contribution < -0.4 is 14.5 Å². The Kier molecular flexibility index (Phi) is 14.2. The van der Waals surface area contributed by atoms with E-state index in [0.717, 1.165) is 50.7 Å². The summed E-state index contributed by atoms with van der Waals surface area (Å²) in [5, 5.41) is 2.33. The predicted molar refractivity (Wildman–Crippen MR) is 344 cm³/mol. The normalized spacial score (nSPS) is 13.5. The number of benzene rings is 8. The summed E-state index contributed by atoms with van der Waals surface area (Å²) < 4.78 is 9.68. The van der Waals surface area contributed by atoms with E-state index in [0.29, 0.717) is 18.5 Å². The van der Waals surface area contributed by atoms with Crippen molar-refractivity contribution in [3.05, 3.63) is 251 Å². The Balaban J connectivity index is 1.07. The average molecular weight is 1070 g/mol. The van der Waals surface area contributed by atoms with Crippen molar-refractivity contribution >= 4 is 33.2 Å². The molecule has 0 fully saturated rings. The van der Waals surface area contributed by atoms with Gasteiger partial charge in [-0.25, -0.2) is 4.98 Å². The Morgan fingerprint density at radius 3 is 1.67 bits per heavy atom. The lowest BCUT2D eigenvalue weighted by atomic mass is 9.77. The van der Waals surface area contributed by atoms with Crippen LogP contribution in [0.15, 0.2) is 212 Å². The fourth-order valence-corrected chi connectivity index (χ4v) is 12.1. The molecule has 1 aliphatic heterocycles. The largest absolute Gasteiger partial charge is 0.457 e. The Labute approximate surface area is 482 Å². The zero-order chi connectivity index (χ0) is 57.2. The molecule has 8 aromatic carbocycles. The van der Waals surface area contributed by atoms with E-state index in [1.54, 1.807) is 0 Å². The van der Waals surface area contributed by atoms with Crippen molar-refractivity contribution in [1.29, 1.82) is 0 Å². The minimum absolute atomic E-state index is 0.0627. The molecule has 1 aliphatic rings. The third-order valence-electron chi connectivity index (χ3n) is 17.1. The topological polar surface area (TPSA) is 33.5 Å². The molecule has 0 saturated carbocycles. The van der Waals surface area contributed by atoms with E-state index in [9.17, 15) is 0 Å². The first kappa shape index (κ1) is 54.8. The minimum atomic E-state index is -0.248. The van der Waals surface area contributed by atoms with E-state index in [2.05, 4.69) is 312 Å². The van der Waals surface area contributed by atoms with Gasteiger partial charge in [-0.15, -0.1) is 0 Å². The van der Waals surface area contributed by atoms with Crippen LogP contribution in [0.5, 0.6) is 11.5 Å². The summed E-state index contributed by atoms with van der Waals surface area (Å²) in [6, 6.07) is 71.5. The molecule has 0 bridgehead atoms. The summed E-state index contributed by atoms with van der Waals surface area (Å²) in [7, 11) is 0. The lowest BCUT2D eigenvalue weighted by molar-refractivity contribution is 0.481. The van der Waals surface area contributed by atoms with Gasteiger partial charge in [0.25, 0.3) is 0 Å². The number of hydrogen-bond acceptors (Lipinski definition) is 4. The van der Waals surface area contributed by atoms with Crippen LogP contribution in [-0.2, 0) is 16.2 Å². The first-order chi connectivity index (χ1) is 38.6. The molecule has 0 atom stereocenters. The van der Waals surface area contributed by atoms with Gasteiger partial charge in [0.15, 0.2) is 0 Å². The maximum atomic E-state index is 7.35. The van der Waals surface area contributed by atoms with Crippen LogP contribution in [0.3, 0.4) is 0 Å². The molecule has 0 saturated heterocycles. The second-order valence-electron chi connectivity index (χ2n) is 26.3. The SMILES string of the molecule is CC(C)c1cccc(C(C)C)c1-c1cc(Oc2ccc3c4cc(C(C)(C)c5ccccc5)ccc4n(-c4cc(C(C)(C)C)ccn4)c3c2)cc(N2CN(c3cc(-c4ccccc4)cc(C(C)(C)c4ccccc4)c3)C=C2C(C)(C)C)c1. The van der Waals surface area contributed by atoms with Gasteiger partial charge in [-0.2, -0.15) is 0 Å². The molecule has 2 aromatic heterocycles. The van der Waals surface area contributed by atoms with Crippen LogP contribution in [0.1, 0.15) is 148 Å². The number of allylic oxidation sites excluding steroid dienone is 1. The molecule has 0 aliphatic carbocycles. The molecule has 10 aromatic rings. The lowest BCUT2D eigenvalue weighted by Crippen LogP contribution is -2.30. The quantitative estimate of drug-likeness (QED) is 0.115. The van der Waals surface area contributed by atoms with Gasteiger partial charge in [-0.3, -0.25) is 4.57 Å². The Morgan fingerprint density at radius 1 is 0.432 bits per heavy atom. The third-order valence-corrected chi connectivity index (χ3v) is 17.1. The molecular formula is C76H80N4O. The van der Waals surface area contributed by atoms with E-state index in [-0.39, 0.29) is 21.7 Å². The van der Waals surface area contributed by atoms with Crippen molar-refractivity contribution in [2.24, 2.45) is 5.41 Å². The molecule has 11 rings (SSSR count). The van der Waals surface area contributed by atoms with Crippen molar-refractivity contribution in [2.45, 2.75) is 125 Å². The molecule has 410 valence electrons. The van der Waals surface area contributed by atoms with Crippen molar-refractivity contribution in [3.63, 3.8) is 0 Å². The van der Waals surface area contributed by atoms with E-state index < -0.39 is 0 Å². The lowest BCUT2D eigenvalue weighted by Gasteiger charge is -2.32. The summed E-state index contributed by atoms with van der Waals surface area (Å²) in [4.78, 5) is 10.1. The number of rotatable bonds is 13. The number of aromatic nitrogens is 2. The Hall–Kier alpha value is -8.15. The highest BCUT2D eigenvalue weighted by molar-refractivity contribution is 6.10. The summed E-state index contributed by atoms with van der Waals surface area (Å²) in [6.07, 6.45) is 4.35. The minimum Gasteiger partial charge on any atom is -0.457 e. The van der Waals surface area contributed by atoms with Crippen molar-refractivity contribution in [1.82, 2.24) is 9.55 Å². The zero-order valence-electron chi connectivity index (χ0n) is 50.2. The van der Waals surface area contributed by atoms with E-state index in [1.807, 2.05) is 6.20 Å². The van der Waals surface area contributed by atoms with Crippen LogP contribution in [0.4, 0.5) is 11.4 Å². The van der Waals surface area contributed by atoms with Crippen LogP contribution in [0.25, 0.3) is 49.9 Å². The van der Waals surface area contributed by atoms with Crippen LogP contribution in [-0.4, -0.2) is 16.2 Å². The highest BCUT2D eigenvalue weighted by Gasteiger charge is 2.34. The summed E-state index contributed by atoms with van der Waals surface area (Å²) in [5.41, 5.74) is 18.7. The molecule has 0 unspecified atom stereocenters. The summed E-state index contributed by atoms with van der Waals surface area (Å²) in [6.45, 7) is 33.0. The molecule has 0 spiro atoms. The number of nitrogens with zero attached hydrogens (tertiary/aromatic N) is 4. The molecule has 5 heteroatoms. The van der Waals surface area contributed by atoms with Crippen molar-refractivity contribution in [2.75, 3.05) is 16.5 Å². The highest BCUT2D eigenvalue weighted by Crippen LogP contribution is 2.47. The molecule has 0 N–H and O–H groups in total. The van der Waals surface area contributed by atoms with E-state index in [4.69, 9.17) is 9.72 Å². The smallest absolute Gasteiger partial charge is 0.137 e. The van der Waals surface area contributed by atoms with Gasteiger partial charge < -0.3 is 14.5 Å². The van der Waals surface area contributed by atoms with Gasteiger partial charge in [0.05, 0.1) is 17.7 Å². The van der Waals surface area contributed by atoms with Gasteiger partial charge in [0.2, 0.25) is 0 Å². The van der Waals surface area contributed by atoms with Crippen LogP contribution in [0.2, 0.25) is 0 Å². The molecule has 0 radical (unpaired) electrons. The molecule has 3 heterocycles. The average Bonchev–Trinajstić information content (AvgIpc) is 3.51. The summed E-state index contributed by atoms with van der Waals surface area (Å²) >= 11 is 0. The standard InChI is InChI=1S/C76H80N4O/c1-50(2)64-31-24-32-65(51(3)4)72(64)54-41-61(79-49-78(48-70(79)74(8,9)10)60-40-53(52-25-18-15-19-26-52)39-59(43-60)76(13,14)56-29-22-17-23-30-56)46-63(42-54)81-62-34-35-66-67-44-58(75(11,12)55-27-20-16-21-28-55)33-36-68(67)80(69(66)47-62)71-45-57(37-38-77-71)73(5,6)7/h15-48,50-51H,49H2,1-14H3. The molecule has 5 nitrogen and oxygen atoms in total. The number of anilines is 2. The number of ether oxygens (including phenoxy) is 1. The second-order valence-corrected chi connectivity index (χ2v) is 26.3. The molecule has 81 heavy (non-hydrogen) atoms. The fraction of sp³-hybridized carbons (Fsp3) is 0.276. The number of fused-ring (bicyclic) bond motifs is 3. The fourth-order valence-electron chi connectivity index (χ4n) is 12.1. The van der Waals surface area contributed by atoms with E-state index >= 15 is 0 Å². The first-order valence-electron chi connectivity index (χ1n) is 29.2. The van der Waals surface area contributed by atoms with Crippen molar-refractivity contribution < 1.29 is 4.74 Å². The van der Waals surface area contributed by atoms with Crippen LogP contribution in [0, 0.1) is 5.41 Å². The molecule has 0 amide bonds. The number of hydrogen-bond donors (Lipinski definition) is 0. The second kappa shape index (κ2) is 21.1. The predicted octanol–water partition coefficient (Wildman–Crippen LogP) is 20.7. The third kappa shape index (κ3) is 10.6. The van der Waals surface area contributed by atoms with Gasteiger partial charge >= 0.3 is 0 Å². The maximum Gasteiger partial charge on any atom is 0.137 e. The Bertz CT molecular complexity index is 3930. The first-order valence-corrected chi connectivity index (χ1v) is 29.2. The zero-order valence-corrected chi connectivity index (χ0v) is 50.2. The molecular weight excluding hydrogens is 985 g/mol. The maximum absolute atomic E-state index is 7.35. The van der Waals surface area contributed by atoms with Gasteiger partial charge in [0, 0.05) is 68.6 Å². The highest BCUT2D eigenvalue weighted by atomic mass is 16.5. The Morgan fingerprint density at radius 2 is 1.05 bits per heavy atom. The van der Waals surface area contributed by atoms with Crippen LogP contribution >= 0.6 is 0 Å². The van der Waals surface area contributed by atoms with E-state index in [1.165, 1.54) is 66.7 Å². The monoisotopic (exact) mass is 1060 g/mol. The van der Waals surface area contributed by atoms with Crippen molar-refractivity contribution in [3.8, 4) is 39.6 Å². The van der Waals surface area contributed by atoms with Gasteiger partial charge in [-0.1, -0.05) is 218 Å². The van der Waals surface area contributed by atoms with Gasteiger partial charge in [-0.05, 0) is 139 Å². The van der Waals surface area contributed by atoms with Gasteiger partial charge in [0.1, 0.15) is 17.3 Å². The summed E-state index contributed by atoms with van der Waals surface area (Å²) in [5.74, 6) is 3.03. The number of pyridine rings is 1.